The highest BCUT2D eigenvalue weighted by Crippen LogP contribution is 2.25. The molecule has 0 bridgehead atoms. The van der Waals surface area contributed by atoms with Gasteiger partial charge in [-0.1, -0.05) is 86.6 Å². The lowest BCUT2D eigenvalue weighted by molar-refractivity contribution is 0.647. The van der Waals surface area contributed by atoms with Crippen molar-refractivity contribution in [3.8, 4) is 22.3 Å². The predicted molar refractivity (Wildman–Crippen MR) is 94.7 cm³/mol. The Morgan fingerprint density at radius 1 is 0.727 bits per heavy atom. The minimum absolute atomic E-state index is 0.685. The molecular formula is C22H21. The van der Waals surface area contributed by atoms with Crippen LogP contribution in [0.1, 0.15) is 19.4 Å². The first-order valence-electron chi connectivity index (χ1n) is 7.89. The third-order valence-corrected chi connectivity index (χ3v) is 3.82. The van der Waals surface area contributed by atoms with Crippen LogP contribution in [0.15, 0.2) is 72.8 Å². The Balaban J connectivity index is 1.81. The molecule has 22 heavy (non-hydrogen) atoms. The van der Waals surface area contributed by atoms with E-state index >= 15 is 0 Å². The van der Waals surface area contributed by atoms with Crippen LogP contribution in [-0.2, 0) is 6.42 Å². The number of hydrogen-bond acceptors (Lipinski definition) is 0. The molecule has 0 nitrogen and oxygen atoms in total. The SMILES string of the molecule is CC(C)Cc1c[c]c(-c2ccc(-c3ccccc3)cc2)cc1. The van der Waals surface area contributed by atoms with E-state index in [1.165, 1.54) is 22.3 Å². The average molecular weight is 285 g/mol. The van der Waals surface area contributed by atoms with Gasteiger partial charge in [0.05, 0.1) is 0 Å². The van der Waals surface area contributed by atoms with Crippen molar-refractivity contribution in [2.24, 2.45) is 5.92 Å². The largest absolute Gasteiger partial charge is 0.0625 e. The molecule has 0 aliphatic rings. The Labute approximate surface area is 133 Å². The van der Waals surface area contributed by atoms with Gasteiger partial charge in [-0.25, -0.2) is 0 Å². The second kappa shape index (κ2) is 6.62. The fraction of sp³-hybridized carbons (Fsp3) is 0.182. The maximum absolute atomic E-state index is 3.42. The first kappa shape index (κ1) is 14.6. The summed E-state index contributed by atoms with van der Waals surface area (Å²) in [5.41, 5.74) is 6.24. The lowest BCUT2D eigenvalue weighted by atomic mass is 9.97. The van der Waals surface area contributed by atoms with E-state index in [-0.39, 0.29) is 0 Å². The summed E-state index contributed by atoms with van der Waals surface area (Å²) in [5.74, 6) is 0.685. The van der Waals surface area contributed by atoms with Crippen LogP contribution in [0.25, 0.3) is 22.3 Å². The van der Waals surface area contributed by atoms with Gasteiger partial charge in [-0.2, -0.15) is 0 Å². The molecule has 3 aromatic rings. The van der Waals surface area contributed by atoms with Crippen LogP contribution >= 0.6 is 0 Å². The molecule has 109 valence electrons. The van der Waals surface area contributed by atoms with Gasteiger partial charge < -0.3 is 0 Å². The Bertz CT molecular complexity index is 704. The number of benzene rings is 3. The van der Waals surface area contributed by atoms with Crippen LogP contribution in [0.3, 0.4) is 0 Å². The lowest BCUT2D eigenvalue weighted by Crippen LogP contribution is -1.93. The molecule has 0 unspecified atom stereocenters. The highest BCUT2D eigenvalue weighted by molar-refractivity contribution is 5.70. The van der Waals surface area contributed by atoms with Gasteiger partial charge in [-0.15, -0.1) is 0 Å². The molecule has 0 heteroatoms. The second-order valence-corrected chi connectivity index (χ2v) is 6.15. The van der Waals surface area contributed by atoms with Crippen molar-refractivity contribution in [3.63, 3.8) is 0 Å². The zero-order valence-electron chi connectivity index (χ0n) is 13.2. The third kappa shape index (κ3) is 3.46. The van der Waals surface area contributed by atoms with Crippen molar-refractivity contribution in [1.29, 1.82) is 0 Å². The zero-order valence-corrected chi connectivity index (χ0v) is 13.2. The molecule has 0 spiro atoms. The summed E-state index contributed by atoms with van der Waals surface area (Å²) in [4.78, 5) is 0. The summed E-state index contributed by atoms with van der Waals surface area (Å²) in [7, 11) is 0. The molecule has 0 saturated heterocycles. The predicted octanol–water partition coefficient (Wildman–Crippen LogP) is 6.02. The quantitative estimate of drug-likeness (QED) is 0.550. The molecule has 3 aromatic carbocycles. The lowest BCUT2D eigenvalue weighted by Gasteiger charge is -2.07. The van der Waals surface area contributed by atoms with Gasteiger partial charge >= 0.3 is 0 Å². The van der Waals surface area contributed by atoms with E-state index in [1.807, 2.05) is 6.07 Å². The van der Waals surface area contributed by atoms with Gasteiger partial charge in [0.1, 0.15) is 0 Å². The molecule has 0 aromatic heterocycles. The van der Waals surface area contributed by atoms with Crippen molar-refractivity contribution in [1.82, 2.24) is 0 Å². The van der Waals surface area contributed by atoms with E-state index in [4.69, 9.17) is 0 Å². The summed E-state index contributed by atoms with van der Waals surface area (Å²) in [6.45, 7) is 4.49. The van der Waals surface area contributed by atoms with E-state index in [1.54, 1.807) is 0 Å². The van der Waals surface area contributed by atoms with Crippen molar-refractivity contribution >= 4 is 0 Å². The van der Waals surface area contributed by atoms with Gasteiger partial charge in [0, 0.05) is 0 Å². The summed E-state index contributed by atoms with van der Waals surface area (Å²) < 4.78 is 0. The van der Waals surface area contributed by atoms with Crippen LogP contribution in [0.2, 0.25) is 0 Å². The third-order valence-electron chi connectivity index (χ3n) is 3.82. The molecular weight excluding hydrogens is 264 g/mol. The molecule has 0 amide bonds. The van der Waals surface area contributed by atoms with Crippen molar-refractivity contribution < 1.29 is 0 Å². The summed E-state index contributed by atoms with van der Waals surface area (Å²) in [6, 6.07) is 29.1. The fourth-order valence-electron chi connectivity index (χ4n) is 2.71. The van der Waals surface area contributed by atoms with E-state index in [9.17, 15) is 0 Å². The minimum Gasteiger partial charge on any atom is -0.0625 e. The Morgan fingerprint density at radius 3 is 1.95 bits per heavy atom. The van der Waals surface area contributed by atoms with Crippen LogP contribution in [-0.4, -0.2) is 0 Å². The smallest absolute Gasteiger partial charge is 0.00963 e. The first-order chi connectivity index (χ1) is 10.7. The standard InChI is InChI=1S/C22H21/c1-17(2)16-18-8-10-20(11-9-18)22-14-12-21(13-15-22)19-6-4-3-5-7-19/h3-10,12-15,17H,16H2,1-2H3. The van der Waals surface area contributed by atoms with Gasteiger partial charge in [0.15, 0.2) is 0 Å². The van der Waals surface area contributed by atoms with Gasteiger partial charge in [0.2, 0.25) is 0 Å². The monoisotopic (exact) mass is 285 g/mol. The van der Waals surface area contributed by atoms with E-state index in [0.29, 0.717) is 5.92 Å². The minimum atomic E-state index is 0.685. The van der Waals surface area contributed by atoms with Gasteiger partial charge in [-0.3, -0.25) is 0 Å². The average Bonchev–Trinajstić information content (AvgIpc) is 2.56. The topological polar surface area (TPSA) is 0 Å². The molecule has 0 saturated carbocycles. The number of hydrogen-bond donors (Lipinski definition) is 0. The van der Waals surface area contributed by atoms with E-state index in [0.717, 1.165) is 12.0 Å². The van der Waals surface area contributed by atoms with Gasteiger partial charge in [0.25, 0.3) is 0 Å². The molecule has 0 heterocycles. The van der Waals surface area contributed by atoms with Crippen LogP contribution in [0.4, 0.5) is 0 Å². The first-order valence-corrected chi connectivity index (χ1v) is 7.89. The second-order valence-electron chi connectivity index (χ2n) is 6.15. The summed E-state index contributed by atoms with van der Waals surface area (Å²) >= 11 is 0. The molecule has 1 radical (unpaired) electrons. The number of rotatable bonds is 4. The highest BCUT2D eigenvalue weighted by Gasteiger charge is 2.02. The van der Waals surface area contributed by atoms with Crippen molar-refractivity contribution in [2.75, 3.05) is 0 Å². The molecule has 0 aliphatic heterocycles. The summed E-state index contributed by atoms with van der Waals surface area (Å²) in [6.07, 6.45) is 1.11. The Kier molecular flexibility index (Phi) is 4.39. The molecule has 0 N–H and O–H groups in total. The zero-order chi connectivity index (χ0) is 15.4. The van der Waals surface area contributed by atoms with Crippen molar-refractivity contribution in [2.45, 2.75) is 20.3 Å². The molecule has 3 rings (SSSR count). The maximum atomic E-state index is 3.42. The van der Waals surface area contributed by atoms with Crippen LogP contribution in [0, 0.1) is 12.0 Å². The van der Waals surface area contributed by atoms with Crippen molar-refractivity contribution in [3.05, 3.63) is 84.4 Å². The highest BCUT2D eigenvalue weighted by atomic mass is 14.1. The normalized spacial score (nSPS) is 10.9. The molecule has 0 atom stereocenters. The maximum Gasteiger partial charge on any atom is -0.00963 e. The molecule has 0 aliphatic carbocycles. The summed E-state index contributed by atoms with van der Waals surface area (Å²) in [5, 5.41) is 0. The van der Waals surface area contributed by atoms with Crippen LogP contribution in [0.5, 0.6) is 0 Å². The molecule has 0 fully saturated rings. The fourth-order valence-corrected chi connectivity index (χ4v) is 2.71. The van der Waals surface area contributed by atoms with Crippen LogP contribution < -0.4 is 0 Å². The Morgan fingerprint density at radius 2 is 1.36 bits per heavy atom. The van der Waals surface area contributed by atoms with E-state index in [2.05, 4.69) is 86.6 Å². The Hall–Kier alpha value is -2.34. The van der Waals surface area contributed by atoms with E-state index < -0.39 is 0 Å². The van der Waals surface area contributed by atoms with Gasteiger partial charge in [-0.05, 0) is 46.2 Å².